The number of pyridine rings is 1. The first-order valence-corrected chi connectivity index (χ1v) is 10.8. The predicted octanol–water partition coefficient (Wildman–Crippen LogP) is 6.10. The number of nitrogens with zero attached hydrogens (tertiary/aromatic N) is 1. The molecule has 3 aromatic rings. The summed E-state index contributed by atoms with van der Waals surface area (Å²) in [4.78, 5) is 28.0. The molecule has 0 atom stereocenters. The molecule has 2 N–H and O–H groups in total. The molecule has 10 heteroatoms. The molecule has 1 aromatic heterocycles. The van der Waals surface area contributed by atoms with Gasteiger partial charge in [0, 0.05) is 45.9 Å². The Labute approximate surface area is 203 Å². The van der Waals surface area contributed by atoms with Gasteiger partial charge in [-0.15, -0.1) is 0 Å². The van der Waals surface area contributed by atoms with Gasteiger partial charge in [-0.05, 0) is 42.5 Å². The fourth-order valence-electron chi connectivity index (χ4n) is 3.58. The van der Waals surface area contributed by atoms with Crippen molar-refractivity contribution >= 4 is 40.1 Å². The molecule has 0 spiro atoms. The average molecular weight is 502 g/mol. The normalized spacial score (nSPS) is 13.6. The number of alkyl halides is 3. The topological polar surface area (TPSA) is 80.3 Å². The molecule has 0 bridgehead atoms. The molecule has 4 rings (SSSR count). The summed E-state index contributed by atoms with van der Waals surface area (Å²) in [5, 5.41) is 6.67. The number of allylic oxidation sites excluding steroid dienone is 2. The van der Waals surface area contributed by atoms with E-state index in [-0.39, 0.29) is 16.8 Å². The van der Waals surface area contributed by atoms with Crippen LogP contribution in [0.2, 0.25) is 5.02 Å². The first kappa shape index (κ1) is 24.3. The summed E-state index contributed by atoms with van der Waals surface area (Å²) in [6, 6.07) is 11.6. The SMILES string of the molecule is COC(=O)c1cccc(C(=O)NC2=CCC(Nc3cc(C(F)(F)F)nc4ccc(Cl)cc34)=CC2)c1. The number of fused-ring (bicyclic) bond motifs is 1. The van der Waals surface area contributed by atoms with Crippen LogP contribution in [0.5, 0.6) is 0 Å². The van der Waals surface area contributed by atoms with Crippen molar-refractivity contribution in [1.29, 1.82) is 0 Å². The van der Waals surface area contributed by atoms with Crippen molar-refractivity contribution < 1.29 is 27.5 Å². The summed E-state index contributed by atoms with van der Waals surface area (Å²) < 4.78 is 44.7. The van der Waals surface area contributed by atoms with Crippen molar-refractivity contribution in [1.82, 2.24) is 10.3 Å². The number of carbonyl (C=O) groups excluding carboxylic acids is 2. The fraction of sp³-hybridized carbons (Fsp3) is 0.160. The molecule has 6 nitrogen and oxygen atoms in total. The third-order valence-corrected chi connectivity index (χ3v) is 5.55. The highest BCUT2D eigenvalue weighted by Crippen LogP contribution is 2.35. The zero-order valence-electron chi connectivity index (χ0n) is 18.4. The highest BCUT2D eigenvalue weighted by Gasteiger charge is 2.33. The third kappa shape index (κ3) is 5.63. The summed E-state index contributed by atoms with van der Waals surface area (Å²) in [5.74, 6) is -0.940. The second-order valence-corrected chi connectivity index (χ2v) is 8.17. The Morgan fingerprint density at radius 2 is 1.71 bits per heavy atom. The maximum atomic E-state index is 13.3. The molecule has 35 heavy (non-hydrogen) atoms. The molecular formula is C25H19ClF3N3O3. The lowest BCUT2D eigenvalue weighted by atomic mass is 10.1. The molecule has 0 radical (unpaired) electrons. The minimum atomic E-state index is -4.60. The number of ether oxygens (including phenoxy) is 1. The van der Waals surface area contributed by atoms with Crippen molar-refractivity contribution in [2.45, 2.75) is 19.0 Å². The number of nitrogens with one attached hydrogen (secondary N) is 2. The number of benzene rings is 2. The quantitative estimate of drug-likeness (QED) is 0.413. The minimum Gasteiger partial charge on any atom is -0.465 e. The smallest absolute Gasteiger partial charge is 0.433 e. The molecule has 1 aliphatic rings. The number of anilines is 1. The van der Waals surface area contributed by atoms with Crippen LogP contribution in [0, 0.1) is 0 Å². The van der Waals surface area contributed by atoms with Crippen LogP contribution in [0.15, 0.2) is 72.1 Å². The van der Waals surface area contributed by atoms with Gasteiger partial charge < -0.3 is 15.4 Å². The lowest BCUT2D eigenvalue weighted by Crippen LogP contribution is -2.24. The molecule has 1 amide bonds. The van der Waals surface area contributed by atoms with Crippen LogP contribution in [0.4, 0.5) is 18.9 Å². The van der Waals surface area contributed by atoms with Gasteiger partial charge in [-0.2, -0.15) is 13.2 Å². The van der Waals surface area contributed by atoms with Gasteiger partial charge in [0.2, 0.25) is 0 Å². The number of methoxy groups -OCH3 is 1. The molecule has 0 unspecified atom stereocenters. The summed E-state index contributed by atoms with van der Waals surface area (Å²) in [7, 11) is 1.26. The first-order valence-electron chi connectivity index (χ1n) is 10.5. The monoisotopic (exact) mass is 501 g/mol. The van der Waals surface area contributed by atoms with E-state index in [0.717, 1.165) is 6.07 Å². The van der Waals surface area contributed by atoms with E-state index in [9.17, 15) is 22.8 Å². The lowest BCUT2D eigenvalue weighted by Gasteiger charge is -2.19. The van der Waals surface area contributed by atoms with E-state index in [1.165, 1.54) is 25.3 Å². The summed E-state index contributed by atoms with van der Waals surface area (Å²) in [6.07, 6.45) is -0.353. The second kappa shape index (κ2) is 9.79. The molecule has 0 saturated carbocycles. The number of esters is 1. The zero-order valence-corrected chi connectivity index (χ0v) is 19.1. The van der Waals surface area contributed by atoms with Crippen molar-refractivity contribution in [2.24, 2.45) is 0 Å². The molecule has 0 aliphatic heterocycles. The number of amides is 1. The Kier molecular flexibility index (Phi) is 6.79. The van der Waals surface area contributed by atoms with Crippen molar-refractivity contribution in [3.63, 3.8) is 0 Å². The molecule has 1 aliphatic carbocycles. The molecular weight excluding hydrogens is 483 g/mol. The van der Waals surface area contributed by atoms with Gasteiger partial charge >= 0.3 is 12.1 Å². The van der Waals surface area contributed by atoms with Gasteiger partial charge in [0.05, 0.1) is 18.2 Å². The van der Waals surface area contributed by atoms with Gasteiger partial charge in [-0.1, -0.05) is 29.8 Å². The van der Waals surface area contributed by atoms with Crippen molar-refractivity contribution in [3.8, 4) is 0 Å². The number of hydrogen-bond donors (Lipinski definition) is 2. The third-order valence-electron chi connectivity index (χ3n) is 5.31. The first-order chi connectivity index (χ1) is 16.6. The largest absolute Gasteiger partial charge is 0.465 e. The van der Waals surface area contributed by atoms with Gasteiger partial charge in [0.15, 0.2) is 0 Å². The molecule has 0 saturated heterocycles. The maximum absolute atomic E-state index is 13.3. The number of aromatic nitrogens is 1. The van der Waals surface area contributed by atoms with Gasteiger partial charge in [-0.25, -0.2) is 9.78 Å². The van der Waals surface area contributed by atoms with E-state index in [1.807, 2.05) is 0 Å². The Hall–Kier alpha value is -3.85. The zero-order chi connectivity index (χ0) is 25.2. The van der Waals surface area contributed by atoms with Gasteiger partial charge in [0.25, 0.3) is 5.91 Å². The predicted molar refractivity (Wildman–Crippen MR) is 126 cm³/mol. The number of halogens is 4. The summed E-state index contributed by atoms with van der Waals surface area (Å²) in [6.45, 7) is 0. The molecule has 180 valence electrons. The van der Waals surface area contributed by atoms with E-state index < -0.39 is 23.7 Å². The van der Waals surface area contributed by atoms with Crippen LogP contribution in [-0.2, 0) is 10.9 Å². The van der Waals surface area contributed by atoms with Crippen LogP contribution in [0.1, 0.15) is 39.3 Å². The van der Waals surface area contributed by atoms with Crippen LogP contribution in [-0.4, -0.2) is 24.0 Å². The highest BCUT2D eigenvalue weighted by molar-refractivity contribution is 6.31. The van der Waals surface area contributed by atoms with Crippen LogP contribution in [0.3, 0.4) is 0 Å². The Balaban J connectivity index is 1.49. The second-order valence-electron chi connectivity index (χ2n) is 7.73. The van der Waals surface area contributed by atoms with E-state index in [2.05, 4.69) is 20.4 Å². The van der Waals surface area contributed by atoms with Crippen LogP contribution >= 0.6 is 11.6 Å². The average Bonchev–Trinajstić information content (AvgIpc) is 2.84. The van der Waals surface area contributed by atoms with E-state index >= 15 is 0 Å². The van der Waals surface area contributed by atoms with E-state index in [0.29, 0.717) is 40.2 Å². The fourth-order valence-corrected chi connectivity index (χ4v) is 3.75. The summed E-state index contributed by atoms with van der Waals surface area (Å²) >= 11 is 6.05. The highest BCUT2D eigenvalue weighted by atomic mass is 35.5. The van der Waals surface area contributed by atoms with E-state index in [1.54, 1.807) is 36.4 Å². The van der Waals surface area contributed by atoms with Crippen molar-refractivity contribution in [3.05, 3.63) is 93.9 Å². The Morgan fingerprint density at radius 1 is 1.00 bits per heavy atom. The molecule has 0 fully saturated rings. The van der Waals surface area contributed by atoms with Crippen LogP contribution in [0.25, 0.3) is 10.9 Å². The lowest BCUT2D eigenvalue weighted by molar-refractivity contribution is -0.140. The molecule has 2 aromatic carbocycles. The minimum absolute atomic E-state index is 0.167. The van der Waals surface area contributed by atoms with Crippen LogP contribution < -0.4 is 10.6 Å². The van der Waals surface area contributed by atoms with E-state index in [4.69, 9.17) is 11.6 Å². The number of rotatable bonds is 5. The number of hydrogen-bond acceptors (Lipinski definition) is 5. The van der Waals surface area contributed by atoms with Crippen molar-refractivity contribution in [2.75, 3.05) is 12.4 Å². The Morgan fingerprint density at radius 3 is 2.40 bits per heavy atom. The standard InChI is InChI=1S/C25H19ClF3N3O3/c1-35-24(34)15-4-2-3-14(11-15)23(33)31-18-8-6-17(7-9-18)30-21-13-22(25(27,28)29)32-20-10-5-16(26)12-19(20)21/h2-6,9-13H,7-8H2,1H3,(H,30,32)(H,31,33). The Bertz CT molecular complexity index is 1380. The maximum Gasteiger partial charge on any atom is 0.433 e. The van der Waals surface area contributed by atoms with Gasteiger partial charge in [0.1, 0.15) is 5.69 Å². The number of carbonyl (C=O) groups is 2. The molecule has 1 heterocycles. The van der Waals surface area contributed by atoms with Gasteiger partial charge in [-0.3, -0.25) is 4.79 Å². The summed E-state index contributed by atoms with van der Waals surface area (Å²) in [5.41, 5.74) is 1.23.